The van der Waals surface area contributed by atoms with Gasteiger partial charge in [-0.05, 0) is 31.4 Å². The summed E-state index contributed by atoms with van der Waals surface area (Å²) in [7, 11) is 0. The Morgan fingerprint density at radius 3 is 2.38 bits per heavy atom. The van der Waals surface area contributed by atoms with Crippen molar-refractivity contribution in [2.45, 2.75) is 39.0 Å². The van der Waals surface area contributed by atoms with Crippen LogP contribution in [0.3, 0.4) is 0 Å². The fourth-order valence-corrected chi connectivity index (χ4v) is 2.32. The van der Waals surface area contributed by atoms with Gasteiger partial charge in [0.1, 0.15) is 5.83 Å². The van der Waals surface area contributed by atoms with Gasteiger partial charge in [0, 0.05) is 5.92 Å². The van der Waals surface area contributed by atoms with Gasteiger partial charge in [-0.1, -0.05) is 49.1 Å². The minimum Gasteiger partial charge on any atom is -0.212 e. The van der Waals surface area contributed by atoms with Crippen LogP contribution < -0.4 is 0 Å². The number of allylic oxidation sites excluding steroid dienone is 1. The Labute approximate surface area is 97.2 Å². The van der Waals surface area contributed by atoms with Gasteiger partial charge < -0.3 is 0 Å². The van der Waals surface area contributed by atoms with E-state index in [1.807, 2.05) is 31.2 Å². The Bertz CT molecular complexity index is 356. The number of hydrogen-bond acceptors (Lipinski definition) is 0. The molecule has 0 radical (unpaired) electrons. The maximum absolute atomic E-state index is 13.9. The van der Waals surface area contributed by atoms with Gasteiger partial charge in [0.05, 0.1) is 0 Å². The highest BCUT2D eigenvalue weighted by Gasteiger charge is 2.17. The Hall–Kier alpha value is -1.11. The molecule has 1 aliphatic carbocycles. The van der Waals surface area contributed by atoms with Gasteiger partial charge in [-0.2, -0.15) is 0 Å². The van der Waals surface area contributed by atoms with Gasteiger partial charge in [-0.3, -0.25) is 0 Å². The van der Waals surface area contributed by atoms with Crippen LogP contribution in [0, 0.1) is 12.8 Å². The average molecular weight is 218 g/mol. The minimum atomic E-state index is 0.0727. The minimum absolute atomic E-state index is 0.0727. The lowest BCUT2D eigenvalue weighted by molar-refractivity contribution is 0.351. The van der Waals surface area contributed by atoms with Crippen LogP contribution in [0.4, 0.5) is 4.39 Å². The summed E-state index contributed by atoms with van der Waals surface area (Å²) in [6.45, 7) is 2.05. The molecule has 0 aliphatic heterocycles. The number of rotatable bonds is 2. The first-order valence-electron chi connectivity index (χ1n) is 6.19. The van der Waals surface area contributed by atoms with Crippen LogP contribution >= 0.6 is 0 Å². The zero-order valence-corrected chi connectivity index (χ0v) is 9.88. The molecule has 86 valence electrons. The fourth-order valence-electron chi connectivity index (χ4n) is 2.32. The molecule has 0 atom stereocenters. The number of hydrogen-bond donors (Lipinski definition) is 0. The molecule has 16 heavy (non-hydrogen) atoms. The molecule has 0 unspecified atom stereocenters. The smallest absolute Gasteiger partial charge is 0.104 e. The van der Waals surface area contributed by atoms with Crippen molar-refractivity contribution in [2.75, 3.05) is 0 Å². The van der Waals surface area contributed by atoms with E-state index in [0.717, 1.165) is 18.4 Å². The molecule has 0 nitrogen and oxygen atoms in total. The Morgan fingerprint density at radius 1 is 1.12 bits per heavy atom. The summed E-state index contributed by atoms with van der Waals surface area (Å²) in [4.78, 5) is 0. The summed E-state index contributed by atoms with van der Waals surface area (Å²) in [5.74, 6) is 0.249. The Kier molecular flexibility index (Phi) is 3.76. The van der Waals surface area contributed by atoms with E-state index in [1.54, 1.807) is 6.08 Å². The average Bonchev–Trinajstić information content (AvgIpc) is 2.33. The molecule has 1 aromatic carbocycles. The molecule has 0 aromatic heterocycles. The van der Waals surface area contributed by atoms with Crippen LogP contribution in [0.25, 0.3) is 6.08 Å². The van der Waals surface area contributed by atoms with Crippen LogP contribution in [0.1, 0.15) is 43.2 Å². The lowest BCUT2D eigenvalue weighted by atomic mass is 9.88. The van der Waals surface area contributed by atoms with Crippen LogP contribution in [0.2, 0.25) is 0 Å². The highest BCUT2D eigenvalue weighted by atomic mass is 19.1. The first-order chi connectivity index (χ1) is 7.75. The lowest BCUT2D eigenvalue weighted by Gasteiger charge is -2.19. The quantitative estimate of drug-likeness (QED) is 0.663. The van der Waals surface area contributed by atoms with Crippen molar-refractivity contribution < 1.29 is 4.39 Å². The second-order valence-corrected chi connectivity index (χ2v) is 4.77. The van der Waals surface area contributed by atoms with E-state index in [4.69, 9.17) is 0 Å². The van der Waals surface area contributed by atoms with E-state index in [1.165, 1.54) is 24.8 Å². The van der Waals surface area contributed by atoms with Gasteiger partial charge in [0.25, 0.3) is 0 Å². The molecule has 2 rings (SSSR count). The molecular weight excluding hydrogens is 199 g/mol. The Morgan fingerprint density at radius 2 is 1.75 bits per heavy atom. The van der Waals surface area contributed by atoms with Crippen LogP contribution in [0.15, 0.2) is 30.1 Å². The van der Waals surface area contributed by atoms with Crippen molar-refractivity contribution in [1.29, 1.82) is 0 Å². The van der Waals surface area contributed by atoms with Crippen molar-refractivity contribution in [3.05, 3.63) is 41.2 Å². The standard InChI is InChI=1S/C15H19F/c1-12-7-9-13(10-8-12)11-15(16)14-5-3-2-4-6-14/h7-11,14H,2-6H2,1H3/b15-11-. The van der Waals surface area contributed by atoms with Crippen molar-refractivity contribution in [2.24, 2.45) is 5.92 Å². The molecule has 0 N–H and O–H groups in total. The molecule has 0 bridgehead atoms. The molecule has 1 saturated carbocycles. The number of halogens is 1. The van der Waals surface area contributed by atoms with Gasteiger partial charge in [0.2, 0.25) is 0 Å². The second-order valence-electron chi connectivity index (χ2n) is 4.77. The van der Waals surface area contributed by atoms with E-state index >= 15 is 0 Å². The van der Waals surface area contributed by atoms with Crippen molar-refractivity contribution >= 4 is 6.08 Å². The summed E-state index contributed by atoms with van der Waals surface area (Å²) in [6, 6.07) is 8.02. The topological polar surface area (TPSA) is 0 Å². The molecule has 1 aromatic rings. The monoisotopic (exact) mass is 218 g/mol. The highest BCUT2D eigenvalue weighted by molar-refractivity contribution is 5.52. The first kappa shape index (κ1) is 11.4. The van der Waals surface area contributed by atoms with Gasteiger partial charge in [0.15, 0.2) is 0 Å². The highest BCUT2D eigenvalue weighted by Crippen LogP contribution is 2.31. The molecule has 0 amide bonds. The van der Waals surface area contributed by atoms with Gasteiger partial charge in [-0.15, -0.1) is 0 Å². The molecular formula is C15H19F. The third-order valence-corrected chi connectivity index (χ3v) is 3.38. The number of benzene rings is 1. The Balaban J connectivity index is 2.07. The first-order valence-corrected chi connectivity index (χ1v) is 6.19. The van der Waals surface area contributed by atoms with E-state index in [-0.39, 0.29) is 11.7 Å². The van der Waals surface area contributed by atoms with Crippen molar-refractivity contribution in [1.82, 2.24) is 0 Å². The summed E-state index contributed by atoms with van der Waals surface area (Å²) >= 11 is 0. The van der Waals surface area contributed by atoms with E-state index in [9.17, 15) is 4.39 Å². The lowest BCUT2D eigenvalue weighted by Crippen LogP contribution is -2.06. The van der Waals surface area contributed by atoms with Crippen LogP contribution in [0.5, 0.6) is 0 Å². The third kappa shape index (κ3) is 2.94. The predicted octanol–water partition coefficient (Wildman–Crippen LogP) is 4.89. The molecule has 0 heterocycles. The zero-order valence-electron chi connectivity index (χ0n) is 9.88. The molecule has 0 spiro atoms. The normalized spacial score (nSPS) is 18.8. The summed E-state index contributed by atoms with van der Waals surface area (Å²) in [6.07, 6.45) is 7.38. The molecule has 1 fully saturated rings. The zero-order chi connectivity index (χ0) is 11.4. The van der Waals surface area contributed by atoms with E-state index in [0.29, 0.717) is 0 Å². The summed E-state index contributed by atoms with van der Waals surface area (Å²) < 4.78 is 13.9. The predicted molar refractivity (Wildman–Crippen MR) is 66.8 cm³/mol. The fraction of sp³-hybridized carbons (Fsp3) is 0.467. The van der Waals surface area contributed by atoms with Gasteiger partial charge in [-0.25, -0.2) is 4.39 Å². The molecule has 1 aliphatic rings. The van der Waals surface area contributed by atoms with Gasteiger partial charge >= 0.3 is 0 Å². The second kappa shape index (κ2) is 5.29. The summed E-state index contributed by atoms with van der Waals surface area (Å²) in [5, 5.41) is 0. The largest absolute Gasteiger partial charge is 0.212 e. The maximum atomic E-state index is 13.9. The van der Waals surface area contributed by atoms with Crippen LogP contribution in [-0.4, -0.2) is 0 Å². The van der Waals surface area contributed by atoms with E-state index in [2.05, 4.69) is 0 Å². The SMILES string of the molecule is Cc1ccc(/C=C(\F)C2CCCCC2)cc1. The maximum Gasteiger partial charge on any atom is 0.104 e. The third-order valence-electron chi connectivity index (χ3n) is 3.38. The van der Waals surface area contributed by atoms with Crippen molar-refractivity contribution in [3.8, 4) is 0 Å². The van der Waals surface area contributed by atoms with Crippen molar-refractivity contribution in [3.63, 3.8) is 0 Å². The van der Waals surface area contributed by atoms with Crippen LogP contribution in [-0.2, 0) is 0 Å². The van der Waals surface area contributed by atoms with E-state index < -0.39 is 0 Å². The molecule has 0 saturated heterocycles. The molecule has 1 heteroatoms. The summed E-state index contributed by atoms with van der Waals surface area (Å²) in [5.41, 5.74) is 2.20. The number of aryl methyl sites for hydroxylation is 1.